The molecule has 5 amide bonds. The molecule has 3 saturated heterocycles. The Kier molecular flexibility index (Phi) is 19.1. The van der Waals surface area contributed by atoms with E-state index in [1.54, 1.807) is 6.92 Å². The number of nitrogens with one attached hydrogen (secondary N) is 2. The normalized spacial score (nSPS) is 21.3. The molecular weight excluding hydrogens is 783 g/mol. The highest BCUT2D eigenvalue weighted by Crippen LogP contribution is 2.35. The molecule has 19 nitrogen and oxygen atoms in total. The number of carbonyl (C=O) groups excluding carboxylic acids is 8. The summed E-state index contributed by atoms with van der Waals surface area (Å²) in [6.07, 6.45) is 0.336. The number of likely N-dealkylation sites (tertiary alicyclic amines) is 1. The van der Waals surface area contributed by atoms with E-state index in [1.165, 1.54) is 45.9 Å². The van der Waals surface area contributed by atoms with Gasteiger partial charge in [0.15, 0.2) is 11.2 Å². The Morgan fingerprint density at radius 2 is 1.40 bits per heavy atom. The maximum atomic E-state index is 14.0. The van der Waals surface area contributed by atoms with Gasteiger partial charge in [-0.2, -0.15) is 0 Å². The van der Waals surface area contributed by atoms with Crippen molar-refractivity contribution in [2.24, 2.45) is 11.8 Å². The molecule has 0 aromatic rings. The molecule has 0 radical (unpaired) electrons. The van der Waals surface area contributed by atoms with E-state index in [2.05, 4.69) is 36.9 Å². The first kappa shape index (κ1) is 46.8. The number of nitrogens with zero attached hydrogens (tertiary/aromatic N) is 3. The van der Waals surface area contributed by atoms with Crippen LogP contribution in [0.2, 0.25) is 0 Å². The molecule has 7 atom stereocenters. The van der Waals surface area contributed by atoms with Gasteiger partial charge in [0.1, 0.15) is 38.6 Å². The SMILES string of the molecule is C=CCOC(=O)NCCC[C@H](OC(=O)OCC=C)C(=O)N1CCN(C(=O)[C@@H]2C[C@H](SC(=O)[C@H](C)[C@H]3NC(=O)[C@@H]3[C@@H](C)OC(=O)OCC=C)CN2C(=O)OCC=C)CC1. The van der Waals surface area contributed by atoms with E-state index in [0.29, 0.717) is 0 Å². The molecule has 0 aromatic heterocycles. The monoisotopic (exact) mass is 835 g/mol. The highest BCUT2D eigenvalue weighted by atomic mass is 32.2. The fourth-order valence-electron chi connectivity index (χ4n) is 6.43. The van der Waals surface area contributed by atoms with E-state index >= 15 is 0 Å². The largest absolute Gasteiger partial charge is 0.509 e. The average molecular weight is 836 g/mol. The zero-order chi connectivity index (χ0) is 42.8. The van der Waals surface area contributed by atoms with Gasteiger partial charge in [-0.25, -0.2) is 19.2 Å². The molecule has 0 aliphatic carbocycles. The molecule has 0 bridgehead atoms. The number of ether oxygens (including phenoxy) is 6. The van der Waals surface area contributed by atoms with Crippen molar-refractivity contribution in [3.05, 3.63) is 50.6 Å². The second kappa shape index (κ2) is 23.6. The Morgan fingerprint density at radius 3 is 2.00 bits per heavy atom. The summed E-state index contributed by atoms with van der Waals surface area (Å²) in [5.41, 5.74) is 0. The van der Waals surface area contributed by atoms with Gasteiger partial charge in [0.05, 0.1) is 12.0 Å². The topological polar surface area (TPSA) is 226 Å². The summed E-state index contributed by atoms with van der Waals surface area (Å²) in [7, 11) is 0. The minimum atomic E-state index is -1.24. The van der Waals surface area contributed by atoms with Crippen LogP contribution in [0.1, 0.15) is 33.1 Å². The molecule has 0 unspecified atom stereocenters. The van der Waals surface area contributed by atoms with Gasteiger partial charge in [-0.15, -0.1) is 0 Å². The van der Waals surface area contributed by atoms with E-state index < -0.39 is 77.7 Å². The van der Waals surface area contributed by atoms with Crippen LogP contribution in [-0.4, -0.2) is 157 Å². The van der Waals surface area contributed by atoms with Gasteiger partial charge in [-0.3, -0.25) is 24.1 Å². The number of thioether (sulfide) groups is 1. The van der Waals surface area contributed by atoms with Gasteiger partial charge in [0, 0.05) is 50.4 Å². The smallest absolute Gasteiger partial charge is 0.445 e. The van der Waals surface area contributed by atoms with Crippen LogP contribution in [0.25, 0.3) is 0 Å². The molecule has 0 saturated carbocycles. The zero-order valence-corrected chi connectivity index (χ0v) is 33.7. The third kappa shape index (κ3) is 13.6. The maximum absolute atomic E-state index is 14.0. The summed E-state index contributed by atoms with van der Waals surface area (Å²) in [6.45, 7) is 17.4. The Bertz CT molecular complexity index is 1550. The first-order valence-electron chi connectivity index (χ1n) is 18.8. The van der Waals surface area contributed by atoms with Crippen LogP contribution in [0.15, 0.2) is 50.6 Å². The summed E-state index contributed by atoms with van der Waals surface area (Å²) in [6, 6.07) is -1.61. The standard InChI is InChI=1S/C38H53N5O14S/c1-7-18-52-35(48)39-13-11-12-28(57-38(51)55-21-10-4)33(46)42-16-14-41(15-17-42)32(45)27-22-26(23-43(27)36(49)53-19-8-2)58-34(47)24(5)30-29(31(44)40-30)25(6)56-37(50)54-20-9-3/h7-10,24-30H,1-4,11-23H2,5-6H3,(H,39,48)(H,40,44)/t24-,25-,26+,27+,28+,29-,30-/m1/s1. The zero-order valence-electron chi connectivity index (χ0n) is 32.8. The van der Waals surface area contributed by atoms with Crippen LogP contribution in [0.4, 0.5) is 19.2 Å². The van der Waals surface area contributed by atoms with Crippen LogP contribution in [-0.2, 0) is 47.6 Å². The van der Waals surface area contributed by atoms with Gasteiger partial charge in [0.2, 0.25) is 11.8 Å². The second-order valence-corrected chi connectivity index (χ2v) is 14.7. The predicted octanol–water partition coefficient (Wildman–Crippen LogP) is 2.56. The molecule has 58 heavy (non-hydrogen) atoms. The lowest BCUT2D eigenvalue weighted by Crippen LogP contribution is -2.65. The van der Waals surface area contributed by atoms with Crippen molar-refractivity contribution in [2.45, 2.75) is 62.7 Å². The van der Waals surface area contributed by atoms with Gasteiger partial charge in [-0.1, -0.05) is 69.3 Å². The molecule has 0 spiro atoms. The molecule has 3 rings (SSSR count). The number of carbonyl (C=O) groups is 8. The number of hydrogen-bond donors (Lipinski definition) is 2. The van der Waals surface area contributed by atoms with Crippen LogP contribution < -0.4 is 10.6 Å². The Morgan fingerprint density at radius 1 is 0.828 bits per heavy atom. The lowest BCUT2D eigenvalue weighted by atomic mass is 9.79. The van der Waals surface area contributed by atoms with Crippen LogP contribution in [0.5, 0.6) is 0 Å². The summed E-state index contributed by atoms with van der Waals surface area (Å²) >= 11 is 0.958. The van der Waals surface area contributed by atoms with Gasteiger partial charge < -0.3 is 48.9 Å². The summed E-state index contributed by atoms with van der Waals surface area (Å²) in [5.74, 6) is -2.81. The molecule has 2 N–H and O–H groups in total. The quantitative estimate of drug-likeness (QED) is 0.0591. The lowest BCUT2D eigenvalue weighted by molar-refractivity contribution is -0.148. The average Bonchev–Trinajstić information content (AvgIpc) is 3.63. The molecule has 20 heteroatoms. The molecule has 0 aromatic carbocycles. The molecule has 320 valence electrons. The highest BCUT2D eigenvalue weighted by Gasteiger charge is 2.50. The number of β-lactam (4-membered cyclic amide) rings is 1. The Labute approximate surface area is 341 Å². The van der Waals surface area contributed by atoms with E-state index in [4.69, 9.17) is 28.4 Å². The third-order valence-corrected chi connectivity index (χ3v) is 10.7. The fraction of sp³-hybridized carbons (Fsp3) is 0.579. The minimum absolute atomic E-state index is 0.0187. The van der Waals surface area contributed by atoms with Crippen molar-refractivity contribution < 1.29 is 66.8 Å². The van der Waals surface area contributed by atoms with E-state index in [9.17, 15) is 38.4 Å². The maximum Gasteiger partial charge on any atom is 0.509 e. The van der Waals surface area contributed by atoms with Crippen LogP contribution in [0.3, 0.4) is 0 Å². The molecule has 3 aliphatic heterocycles. The van der Waals surface area contributed by atoms with Gasteiger partial charge >= 0.3 is 24.5 Å². The van der Waals surface area contributed by atoms with Gasteiger partial charge in [-0.05, 0) is 26.2 Å². The molecule has 3 fully saturated rings. The summed E-state index contributed by atoms with van der Waals surface area (Å²) < 4.78 is 30.4. The highest BCUT2D eigenvalue weighted by molar-refractivity contribution is 8.14. The molecular formula is C38H53N5O14S. The first-order chi connectivity index (χ1) is 27.8. The van der Waals surface area contributed by atoms with Crippen molar-refractivity contribution in [1.29, 1.82) is 0 Å². The van der Waals surface area contributed by atoms with Crippen molar-refractivity contribution in [3.8, 4) is 0 Å². The first-order valence-corrected chi connectivity index (χ1v) is 19.7. The second-order valence-electron chi connectivity index (χ2n) is 13.4. The number of hydrogen-bond acceptors (Lipinski definition) is 15. The Hall–Kier alpha value is -5.53. The summed E-state index contributed by atoms with van der Waals surface area (Å²) in [5, 5.41) is 4.45. The van der Waals surface area contributed by atoms with Crippen molar-refractivity contribution in [1.82, 2.24) is 25.3 Å². The van der Waals surface area contributed by atoms with Crippen LogP contribution in [0, 0.1) is 11.8 Å². The minimum Gasteiger partial charge on any atom is -0.445 e. The van der Waals surface area contributed by atoms with Crippen molar-refractivity contribution in [3.63, 3.8) is 0 Å². The van der Waals surface area contributed by atoms with Gasteiger partial charge in [0.25, 0.3) is 5.91 Å². The van der Waals surface area contributed by atoms with E-state index in [-0.39, 0.29) is 96.0 Å². The molecule has 3 aliphatic rings. The number of alkyl carbamates (subject to hydrolysis) is 1. The third-order valence-electron chi connectivity index (χ3n) is 9.39. The number of rotatable bonds is 20. The summed E-state index contributed by atoms with van der Waals surface area (Å²) in [4.78, 5) is 107. The van der Waals surface area contributed by atoms with Crippen molar-refractivity contribution >= 4 is 59.1 Å². The van der Waals surface area contributed by atoms with E-state index in [1.807, 2.05) is 0 Å². The van der Waals surface area contributed by atoms with Crippen LogP contribution >= 0.6 is 11.8 Å². The van der Waals surface area contributed by atoms with Crippen molar-refractivity contribution in [2.75, 3.05) is 65.7 Å². The lowest BCUT2D eigenvalue weighted by Gasteiger charge is -2.42. The number of piperazine rings is 1. The Balaban J connectivity index is 1.63. The van der Waals surface area contributed by atoms with E-state index in [0.717, 1.165) is 11.8 Å². The fourth-order valence-corrected chi connectivity index (χ4v) is 7.63. The molecule has 3 heterocycles. The number of amides is 5. The predicted molar refractivity (Wildman–Crippen MR) is 208 cm³/mol.